The van der Waals surface area contributed by atoms with Gasteiger partial charge in [0.2, 0.25) is 5.91 Å². The molecule has 0 spiro atoms. The predicted molar refractivity (Wildman–Crippen MR) is 90.1 cm³/mol. The van der Waals surface area contributed by atoms with E-state index in [1.165, 1.54) is 11.3 Å². The van der Waals surface area contributed by atoms with Crippen LogP contribution >= 0.6 is 0 Å². The maximum absolute atomic E-state index is 12.6. The van der Waals surface area contributed by atoms with Crippen LogP contribution in [0.25, 0.3) is 0 Å². The molecular weight excluding hydrogens is 290 g/mol. The van der Waals surface area contributed by atoms with E-state index < -0.39 is 0 Å². The van der Waals surface area contributed by atoms with E-state index in [0.29, 0.717) is 5.91 Å². The summed E-state index contributed by atoms with van der Waals surface area (Å²) in [7, 11) is 2.00. The van der Waals surface area contributed by atoms with Crippen molar-refractivity contribution in [3.63, 3.8) is 0 Å². The van der Waals surface area contributed by atoms with E-state index in [1.54, 1.807) is 0 Å². The van der Waals surface area contributed by atoms with E-state index in [-0.39, 0.29) is 5.92 Å². The first kappa shape index (κ1) is 16.5. The number of nitrogens with one attached hydrogen (secondary N) is 1. The molecule has 0 radical (unpaired) electrons. The van der Waals surface area contributed by atoms with Crippen molar-refractivity contribution in [2.24, 2.45) is 13.0 Å². The summed E-state index contributed by atoms with van der Waals surface area (Å²) in [6.07, 6.45) is 2.16. The summed E-state index contributed by atoms with van der Waals surface area (Å²) in [5.41, 5.74) is 3.70. The Hall–Kier alpha value is -1.40. The highest BCUT2D eigenvalue weighted by Gasteiger charge is 2.28. The van der Waals surface area contributed by atoms with Crippen LogP contribution in [0.4, 0.5) is 0 Å². The van der Waals surface area contributed by atoms with Crippen LogP contribution < -0.4 is 5.32 Å². The number of hydrogen-bond donors (Lipinski definition) is 1. The number of carbonyl (C=O) groups is 1. The molecule has 0 saturated carbocycles. The number of aromatic nitrogens is 2. The number of hydrogen-bond acceptors (Lipinski definition) is 4. The number of piperidine rings is 1. The van der Waals surface area contributed by atoms with Crippen LogP contribution in [-0.2, 0) is 18.4 Å². The summed E-state index contributed by atoms with van der Waals surface area (Å²) in [6.45, 7) is 10.7. The van der Waals surface area contributed by atoms with E-state index in [9.17, 15) is 4.79 Å². The minimum absolute atomic E-state index is 0.193. The molecule has 0 aliphatic carbocycles. The van der Waals surface area contributed by atoms with Gasteiger partial charge in [0.15, 0.2) is 0 Å². The molecule has 2 aliphatic rings. The number of rotatable bonds is 3. The number of carbonyl (C=O) groups excluding carboxylic acids is 1. The molecule has 1 aromatic heterocycles. The van der Waals surface area contributed by atoms with Crippen LogP contribution in [0.3, 0.4) is 0 Å². The maximum Gasteiger partial charge on any atom is 0.227 e. The van der Waals surface area contributed by atoms with Crippen molar-refractivity contribution in [3.8, 4) is 0 Å². The quantitative estimate of drug-likeness (QED) is 0.890. The molecular formula is C17H29N5O. The van der Waals surface area contributed by atoms with Gasteiger partial charge in [-0.25, -0.2) is 0 Å². The maximum atomic E-state index is 12.6. The zero-order valence-electron chi connectivity index (χ0n) is 14.6. The molecule has 0 bridgehead atoms. The molecule has 1 unspecified atom stereocenters. The van der Waals surface area contributed by atoms with Crippen LogP contribution in [0, 0.1) is 19.8 Å². The molecule has 2 saturated heterocycles. The lowest BCUT2D eigenvalue weighted by Crippen LogP contribution is -2.51. The number of amides is 1. The normalized spacial score (nSPS) is 23.3. The highest BCUT2D eigenvalue weighted by atomic mass is 16.2. The monoisotopic (exact) mass is 319 g/mol. The lowest BCUT2D eigenvalue weighted by Gasteiger charge is -2.37. The second kappa shape index (κ2) is 7.01. The second-order valence-electron chi connectivity index (χ2n) is 6.92. The van der Waals surface area contributed by atoms with Gasteiger partial charge in [-0.05, 0) is 33.2 Å². The van der Waals surface area contributed by atoms with Gasteiger partial charge >= 0.3 is 0 Å². The number of piperazine rings is 1. The van der Waals surface area contributed by atoms with Crippen LogP contribution in [0.1, 0.15) is 29.8 Å². The summed E-state index contributed by atoms with van der Waals surface area (Å²) in [4.78, 5) is 17.1. The van der Waals surface area contributed by atoms with Gasteiger partial charge in [-0.3, -0.25) is 14.4 Å². The van der Waals surface area contributed by atoms with Crippen LogP contribution in [0.2, 0.25) is 0 Å². The third-order valence-corrected chi connectivity index (χ3v) is 5.37. The fourth-order valence-corrected chi connectivity index (χ4v) is 3.72. The number of aryl methyl sites for hydroxylation is 2. The van der Waals surface area contributed by atoms with Crippen molar-refractivity contribution in [1.82, 2.24) is 24.9 Å². The van der Waals surface area contributed by atoms with Crippen molar-refractivity contribution >= 4 is 5.91 Å². The summed E-state index contributed by atoms with van der Waals surface area (Å²) < 4.78 is 1.96. The molecule has 1 atom stereocenters. The molecule has 0 aromatic carbocycles. The van der Waals surface area contributed by atoms with E-state index in [4.69, 9.17) is 0 Å². The van der Waals surface area contributed by atoms with Gasteiger partial charge in [-0.1, -0.05) is 0 Å². The van der Waals surface area contributed by atoms with Crippen molar-refractivity contribution in [2.75, 3.05) is 39.3 Å². The molecule has 3 rings (SSSR count). The van der Waals surface area contributed by atoms with Gasteiger partial charge < -0.3 is 10.2 Å². The van der Waals surface area contributed by atoms with Gasteiger partial charge in [0, 0.05) is 57.6 Å². The molecule has 6 heteroatoms. The Labute approximate surface area is 138 Å². The van der Waals surface area contributed by atoms with Crippen molar-refractivity contribution < 1.29 is 4.79 Å². The zero-order valence-corrected chi connectivity index (χ0v) is 14.6. The van der Waals surface area contributed by atoms with Crippen molar-refractivity contribution in [1.29, 1.82) is 0 Å². The molecule has 2 aliphatic heterocycles. The Morgan fingerprint density at radius 2 is 2.00 bits per heavy atom. The Bertz CT molecular complexity index is 554. The lowest BCUT2D eigenvalue weighted by molar-refractivity contribution is -0.137. The predicted octanol–water partition coefficient (Wildman–Crippen LogP) is 0.681. The minimum Gasteiger partial charge on any atom is -0.340 e. The molecule has 6 nitrogen and oxygen atoms in total. The Kier molecular flexibility index (Phi) is 5.02. The van der Waals surface area contributed by atoms with Gasteiger partial charge in [0.25, 0.3) is 0 Å². The van der Waals surface area contributed by atoms with E-state index in [2.05, 4.69) is 34.1 Å². The van der Waals surface area contributed by atoms with Gasteiger partial charge in [-0.2, -0.15) is 5.10 Å². The van der Waals surface area contributed by atoms with E-state index in [0.717, 1.165) is 64.3 Å². The first-order valence-electron chi connectivity index (χ1n) is 8.77. The van der Waals surface area contributed by atoms with Crippen LogP contribution in [0.5, 0.6) is 0 Å². The Balaban J connectivity index is 1.53. The molecule has 3 heterocycles. The SMILES string of the molecule is Cc1nn(C)c(C)c1CN1CCN(C(=O)C2CCCNC2)CC1. The summed E-state index contributed by atoms with van der Waals surface area (Å²) >= 11 is 0. The number of nitrogens with zero attached hydrogens (tertiary/aromatic N) is 4. The van der Waals surface area contributed by atoms with Gasteiger partial charge in [-0.15, -0.1) is 0 Å². The second-order valence-corrected chi connectivity index (χ2v) is 6.92. The topological polar surface area (TPSA) is 53.4 Å². The smallest absolute Gasteiger partial charge is 0.227 e. The largest absolute Gasteiger partial charge is 0.340 e. The highest BCUT2D eigenvalue weighted by molar-refractivity contribution is 5.79. The van der Waals surface area contributed by atoms with Gasteiger partial charge in [0.1, 0.15) is 0 Å². The molecule has 2 fully saturated rings. The highest BCUT2D eigenvalue weighted by Crippen LogP contribution is 2.18. The zero-order chi connectivity index (χ0) is 16.4. The fourth-order valence-electron chi connectivity index (χ4n) is 3.72. The van der Waals surface area contributed by atoms with Gasteiger partial charge in [0.05, 0.1) is 11.6 Å². The van der Waals surface area contributed by atoms with Crippen LogP contribution in [0.15, 0.2) is 0 Å². The summed E-state index contributed by atoms with van der Waals surface area (Å²) in [5, 5.41) is 7.84. The average Bonchev–Trinajstić information content (AvgIpc) is 2.82. The first-order valence-corrected chi connectivity index (χ1v) is 8.77. The van der Waals surface area contributed by atoms with E-state index in [1.807, 2.05) is 11.7 Å². The van der Waals surface area contributed by atoms with Crippen molar-refractivity contribution in [2.45, 2.75) is 33.2 Å². The van der Waals surface area contributed by atoms with Crippen molar-refractivity contribution in [3.05, 3.63) is 17.0 Å². The standard InChI is InChI=1S/C17H29N5O/c1-13-16(14(2)20(3)19-13)12-21-7-9-22(10-8-21)17(23)15-5-4-6-18-11-15/h15,18H,4-12H2,1-3H3. The third-order valence-electron chi connectivity index (χ3n) is 5.37. The Morgan fingerprint density at radius 1 is 1.26 bits per heavy atom. The lowest BCUT2D eigenvalue weighted by atomic mass is 9.98. The average molecular weight is 319 g/mol. The Morgan fingerprint density at radius 3 is 2.57 bits per heavy atom. The minimum atomic E-state index is 0.193. The molecule has 1 aromatic rings. The summed E-state index contributed by atoms with van der Waals surface area (Å²) in [5.74, 6) is 0.545. The van der Waals surface area contributed by atoms with Crippen LogP contribution in [-0.4, -0.2) is 64.8 Å². The fraction of sp³-hybridized carbons (Fsp3) is 0.765. The molecule has 1 N–H and O–H groups in total. The summed E-state index contributed by atoms with van der Waals surface area (Å²) in [6, 6.07) is 0. The molecule has 1 amide bonds. The van der Waals surface area contributed by atoms with E-state index >= 15 is 0 Å². The third kappa shape index (κ3) is 3.58. The molecule has 23 heavy (non-hydrogen) atoms. The molecule has 128 valence electrons. The first-order chi connectivity index (χ1) is 11.1.